The maximum atomic E-state index is 13.3. The van der Waals surface area contributed by atoms with Crippen LogP contribution in [0.2, 0.25) is 0 Å². The Hall–Kier alpha value is -3.41. The summed E-state index contributed by atoms with van der Waals surface area (Å²) in [6, 6.07) is 20.1. The lowest BCUT2D eigenvalue weighted by Gasteiger charge is -2.08. The maximum Gasteiger partial charge on any atom is 0.416 e. The van der Waals surface area contributed by atoms with Crippen LogP contribution in [-0.4, -0.2) is 9.97 Å². The molecule has 0 radical (unpaired) electrons. The van der Waals surface area contributed by atoms with Crippen LogP contribution in [0.1, 0.15) is 5.56 Å². The molecule has 4 rings (SSSR count). The summed E-state index contributed by atoms with van der Waals surface area (Å²) in [6.45, 7) is 0. The zero-order valence-electron chi connectivity index (χ0n) is 14.5. The van der Waals surface area contributed by atoms with Crippen LogP contribution in [0, 0.1) is 5.82 Å². The molecule has 4 aromatic rings. The number of nitrogens with zero attached hydrogens (tertiary/aromatic N) is 1. The van der Waals surface area contributed by atoms with Gasteiger partial charge in [0.25, 0.3) is 0 Å². The number of aromatic nitrogens is 2. The van der Waals surface area contributed by atoms with Crippen LogP contribution >= 0.6 is 0 Å². The summed E-state index contributed by atoms with van der Waals surface area (Å²) in [5.41, 5.74) is 2.45. The van der Waals surface area contributed by atoms with Gasteiger partial charge in [0.05, 0.1) is 17.0 Å². The van der Waals surface area contributed by atoms with Gasteiger partial charge in [0.15, 0.2) is 0 Å². The van der Waals surface area contributed by atoms with Crippen molar-refractivity contribution < 1.29 is 17.6 Å². The van der Waals surface area contributed by atoms with E-state index in [1.807, 2.05) is 30.3 Å². The number of hydrogen-bond acceptors (Lipinski definition) is 1. The lowest BCUT2D eigenvalue weighted by Crippen LogP contribution is -2.04. The van der Waals surface area contributed by atoms with E-state index in [1.165, 1.54) is 24.3 Å². The standard InChI is InChI=1S/C22H14F4N2/c23-18-12-8-15(9-13-18)20-19(14-6-10-17(11-7-14)22(24,25)26)27-21(28-20)16-4-2-1-3-5-16/h1-13H,(H,27,28). The first-order valence-electron chi connectivity index (χ1n) is 8.51. The predicted molar refractivity (Wildman–Crippen MR) is 99.9 cm³/mol. The van der Waals surface area contributed by atoms with Gasteiger partial charge >= 0.3 is 6.18 Å². The van der Waals surface area contributed by atoms with E-state index in [0.29, 0.717) is 28.3 Å². The molecule has 2 nitrogen and oxygen atoms in total. The SMILES string of the molecule is Fc1ccc(-c2nc(-c3ccccc3)[nH]c2-c2ccc(C(F)(F)F)cc2)cc1. The van der Waals surface area contributed by atoms with Crippen molar-refractivity contribution in [2.45, 2.75) is 6.18 Å². The quantitative estimate of drug-likeness (QED) is 0.399. The molecule has 0 fully saturated rings. The molecule has 1 N–H and O–H groups in total. The predicted octanol–water partition coefficient (Wildman–Crippen LogP) is 6.57. The lowest BCUT2D eigenvalue weighted by atomic mass is 10.0. The number of nitrogens with one attached hydrogen (secondary N) is 1. The largest absolute Gasteiger partial charge is 0.416 e. The van der Waals surface area contributed by atoms with Crippen molar-refractivity contribution in [3.05, 3.63) is 90.2 Å². The molecule has 3 aromatic carbocycles. The smallest absolute Gasteiger partial charge is 0.337 e. The fraction of sp³-hybridized carbons (Fsp3) is 0.0455. The number of alkyl halides is 3. The Morgan fingerprint density at radius 2 is 1.29 bits per heavy atom. The van der Waals surface area contributed by atoms with Crippen LogP contribution in [0.3, 0.4) is 0 Å². The van der Waals surface area contributed by atoms with Gasteiger partial charge in [-0.25, -0.2) is 9.37 Å². The maximum absolute atomic E-state index is 13.3. The summed E-state index contributed by atoms with van der Waals surface area (Å²) in [5.74, 6) is 0.202. The van der Waals surface area contributed by atoms with Crippen molar-refractivity contribution in [1.29, 1.82) is 0 Å². The van der Waals surface area contributed by atoms with Crippen molar-refractivity contribution in [3.63, 3.8) is 0 Å². The number of rotatable bonds is 3. The van der Waals surface area contributed by atoms with Gasteiger partial charge in [0.1, 0.15) is 11.6 Å². The molecule has 0 amide bonds. The highest BCUT2D eigenvalue weighted by Crippen LogP contribution is 2.35. The summed E-state index contributed by atoms with van der Waals surface area (Å²) >= 11 is 0. The van der Waals surface area contributed by atoms with Crippen LogP contribution in [-0.2, 0) is 6.18 Å². The highest BCUT2D eigenvalue weighted by atomic mass is 19.4. The Balaban J connectivity index is 1.85. The van der Waals surface area contributed by atoms with Crippen molar-refractivity contribution in [2.24, 2.45) is 0 Å². The van der Waals surface area contributed by atoms with E-state index in [-0.39, 0.29) is 5.82 Å². The van der Waals surface area contributed by atoms with Crippen molar-refractivity contribution in [2.75, 3.05) is 0 Å². The number of imidazole rings is 1. The van der Waals surface area contributed by atoms with Gasteiger partial charge < -0.3 is 4.98 Å². The summed E-state index contributed by atoms with van der Waals surface area (Å²) < 4.78 is 51.9. The highest BCUT2D eigenvalue weighted by Gasteiger charge is 2.30. The summed E-state index contributed by atoms with van der Waals surface area (Å²) in [7, 11) is 0. The number of halogens is 4. The molecule has 1 heterocycles. The van der Waals surface area contributed by atoms with Gasteiger partial charge in [-0.3, -0.25) is 0 Å². The molecule has 140 valence electrons. The number of hydrogen-bond donors (Lipinski definition) is 1. The molecule has 28 heavy (non-hydrogen) atoms. The van der Waals surface area contributed by atoms with Crippen molar-refractivity contribution >= 4 is 0 Å². The average Bonchev–Trinajstić information content (AvgIpc) is 3.14. The molecule has 6 heteroatoms. The fourth-order valence-corrected chi connectivity index (χ4v) is 2.96. The summed E-state index contributed by atoms with van der Waals surface area (Å²) in [6.07, 6.45) is -4.40. The van der Waals surface area contributed by atoms with Gasteiger partial charge in [-0.2, -0.15) is 13.2 Å². The normalized spacial score (nSPS) is 11.6. The Kier molecular flexibility index (Phi) is 4.47. The molecule has 0 spiro atoms. The molecule has 0 unspecified atom stereocenters. The van der Waals surface area contributed by atoms with E-state index >= 15 is 0 Å². The Bertz CT molecular complexity index is 1080. The van der Waals surface area contributed by atoms with Crippen LogP contribution in [0.25, 0.3) is 33.9 Å². The molecule has 0 saturated carbocycles. The molecular weight excluding hydrogens is 368 g/mol. The van der Waals surface area contributed by atoms with E-state index in [9.17, 15) is 17.6 Å². The second-order valence-corrected chi connectivity index (χ2v) is 6.26. The van der Waals surface area contributed by atoms with Crippen LogP contribution in [0.15, 0.2) is 78.9 Å². The highest BCUT2D eigenvalue weighted by molar-refractivity contribution is 5.81. The number of benzene rings is 3. The third-order valence-corrected chi connectivity index (χ3v) is 4.37. The van der Waals surface area contributed by atoms with E-state index in [1.54, 1.807) is 12.1 Å². The zero-order valence-corrected chi connectivity index (χ0v) is 14.5. The second-order valence-electron chi connectivity index (χ2n) is 6.26. The molecule has 0 saturated heterocycles. The molecular formula is C22H14F4N2. The topological polar surface area (TPSA) is 28.7 Å². The Morgan fingerprint density at radius 3 is 1.89 bits per heavy atom. The van der Waals surface area contributed by atoms with Crippen LogP contribution in [0.4, 0.5) is 17.6 Å². The minimum absolute atomic E-state index is 0.376. The third kappa shape index (κ3) is 3.53. The van der Waals surface area contributed by atoms with Gasteiger partial charge in [-0.15, -0.1) is 0 Å². The fourth-order valence-electron chi connectivity index (χ4n) is 2.96. The van der Waals surface area contributed by atoms with Crippen molar-refractivity contribution in [1.82, 2.24) is 9.97 Å². The van der Waals surface area contributed by atoms with E-state index in [2.05, 4.69) is 9.97 Å². The molecule has 0 aliphatic carbocycles. The first-order chi connectivity index (χ1) is 13.4. The average molecular weight is 382 g/mol. The molecule has 0 bridgehead atoms. The zero-order chi connectivity index (χ0) is 19.7. The number of H-pyrrole nitrogens is 1. The third-order valence-electron chi connectivity index (χ3n) is 4.37. The minimum Gasteiger partial charge on any atom is -0.337 e. The Morgan fingerprint density at radius 1 is 0.679 bits per heavy atom. The van der Waals surface area contributed by atoms with Gasteiger partial charge in [-0.05, 0) is 36.4 Å². The molecule has 0 aliphatic rings. The molecule has 1 aromatic heterocycles. The van der Waals surface area contributed by atoms with Crippen molar-refractivity contribution in [3.8, 4) is 33.9 Å². The Labute approximate surface area is 158 Å². The monoisotopic (exact) mass is 382 g/mol. The molecule has 0 aliphatic heterocycles. The molecule has 0 atom stereocenters. The number of aromatic amines is 1. The van der Waals surface area contributed by atoms with Gasteiger partial charge in [0.2, 0.25) is 0 Å². The minimum atomic E-state index is -4.40. The summed E-state index contributed by atoms with van der Waals surface area (Å²) in [5, 5.41) is 0. The summed E-state index contributed by atoms with van der Waals surface area (Å²) in [4.78, 5) is 7.83. The van der Waals surface area contributed by atoms with E-state index in [0.717, 1.165) is 17.7 Å². The second kappa shape index (κ2) is 6.96. The van der Waals surface area contributed by atoms with E-state index in [4.69, 9.17) is 0 Å². The van der Waals surface area contributed by atoms with Gasteiger partial charge in [-0.1, -0.05) is 42.5 Å². The van der Waals surface area contributed by atoms with Gasteiger partial charge in [0, 0.05) is 16.7 Å². The van der Waals surface area contributed by atoms with Crippen LogP contribution in [0.5, 0.6) is 0 Å². The first kappa shape index (κ1) is 18.0. The first-order valence-corrected chi connectivity index (χ1v) is 8.51. The van der Waals surface area contributed by atoms with E-state index < -0.39 is 11.7 Å². The van der Waals surface area contributed by atoms with Crippen LogP contribution < -0.4 is 0 Å². The lowest BCUT2D eigenvalue weighted by molar-refractivity contribution is -0.137.